The molecule has 2 unspecified atom stereocenters. The van der Waals surface area contributed by atoms with Crippen LogP contribution in [0.2, 0.25) is 5.02 Å². The lowest BCUT2D eigenvalue weighted by Crippen LogP contribution is -2.39. The van der Waals surface area contributed by atoms with Crippen LogP contribution in [0.4, 0.5) is 0 Å². The van der Waals surface area contributed by atoms with Crippen LogP contribution in [0.25, 0.3) is 0 Å². The molecule has 1 aliphatic heterocycles. The Labute approximate surface area is 167 Å². The van der Waals surface area contributed by atoms with Gasteiger partial charge in [-0.15, -0.1) is 0 Å². The van der Waals surface area contributed by atoms with Crippen molar-refractivity contribution in [3.8, 4) is 5.75 Å². The SMILES string of the molecule is O=C(O)COc1ccc(Cl)cc1C1C2=C(CCCC2=O)N=C2CCCC(=O)C21. The third-order valence-corrected chi connectivity index (χ3v) is 5.81. The zero-order chi connectivity index (χ0) is 19.8. The summed E-state index contributed by atoms with van der Waals surface area (Å²) >= 11 is 6.23. The van der Waals surface area contributed by atoms with Crippen molar-refractivity contribution in [1.82, 2.24) is 0 Å². The second kappa shape index (κ2) is 7.51. The Morgan fingerprint density at radius 3 is 2.71 bits per heavy atom. The van der Waals surface area contributed by atoms with Gasteiger partial charge in [0.1, 0.15) is 11.5 Å². The van der Waals surface area contributed by atoms with Crippen LogP contribution >= 0.6 is 11.6 Å². The number of fused-ring (bicyclic) bond motifs is 1. The number of carbonyl (C=O) groups excluding carboxylic acids is 2. The van der Waals surface area contributed by atoms with Gasteiger partial charge in [-0.3, -0.25) is 14.6 Å². The number of ketones is 2. The zero-order valence-corrected chi connectivity index (χ0v) is 16.0. The Hall–Kier alpha value is -2.47. The van der Waals surface area contributed by atoms with E-state index in [2.05, 4.69) is 0 Å². The molecule has 0 aromatic heterocycles. The predicted octanol–water partition coefficient (Wildman–Crippen LogP) is 3.72. The van der Waals surface area contributed by atoms with E-state index < -0.39 is 24.4 Å². The predicted molar refractivity (Wildman–Crippen MR) is 103 cm³/mol. The van der Waals surface area contributed by atoms with Crippen LogP contribution in [0.5, 0.6) is 5.75 Å². The van der Waals surface area contributed by atoms with E-state index >= 15 is 0 Å². The number of hydrogen-bond donors (Lipinski definition) is 1. The first-order valence-corrected chi connectivity index (χ1v) is 9.84. The van der Waals surface area contributed by atoms with Gasteiger partial charge in [-0.1, -0.05) is 11.6 Å². The van der Waals surface area contributed by atoms with Gasteiger partial charge in [0, 0.05) is 46.3 Å². The van der Waals surface area contributed by atoms with Crippen molar-refractivity contribution in [1.29, 1.82) is 0 Å². The second-order valence-electron chi connectivity index (χ2n) is 7.38. The van der Waals surface area contributed by atoms with Crippen LogP contribution < -0.4 is 4.74 Å². The molecule has 1 saturated carbocycles. The van der Waals surface area contributed by atoms with Crippen LogP contribution in [0, 0.1) is 5.92 Å². The normalized spacial score (nSPS) is 24.4. The summed E-state index contributed by atoms with van der Waals surface area (Å²) in [6.07, 6.45) is 3.81. The van der Waals surface area contributed by atoms with Gasteiger partial charge in [0.15, 0.2) is 12.4 Å². The molecule has 0 radical (unpaired) electrons. The largest absolute Gasteiger partial charge is 0.482 e. The number of carbonyl (C=O) groups is 3. The molecular weight excluding hydrogens is 382 g/mol. The van der Waals surface area contributed by atoms with Crippen molar-refractivity contribution < 1.29 is 24.2 Å². The van der Waals surface area contributed by atoms with Crippen LogP contribution in [-0.2, 0) is 14.4 Å². The van der Waals surface area contributed by atoms with E-state index in [4.69, 9.17) is 26.4 Å². The number of halogens is 1. The average Bonchev–Trinajstić information content (AvgIpc) is 2.66. The minimum absolute atomic E-state index is 0.00316. The molecule has 6 nitrogen and oxygen atoms in total. The molecule has 7 heteroatoms. The number of benzene rings is 1. The first-order valence-electron chi connectivity index (χ1n) is 9.46. The molecule has 0 amide bonds. The Balaban J connectivity index is 1.88. The number of Topliss-reactive ketones (excluding diaryl/α,β-unsaturated/α-hetero) is 2. The highest BCUT2D eigenvalue weighted by molar-refractivity contribution is 6.30. The Kier molecular flexibility index (Phi) is 5.06. The first-order chi connectivity index (χ1) is 13.5. The van der Waals surface area contributed by atoms with Crippen molar-refractivity contribution in [3.05, 3.63) is 40.1 Å². The van der Waals surface area contributed by atoms with Crippen molar-refractivity contribution in [2.45, 2.75) is 44.4 Å². The van der Waals surface area contributed by atoms with E-state index in [-0.39, 0.29) is 11.6 Å². The quantitative estimate of drug-likeness (QED) is 0.829. The van der Waals surface area contributed by atoms with E-state index in [0.717, 1.165) is 30.7 Å². The summed E-state index contributed by atoms with van der Waals surface area (Å²) in [4.78, 5) is 41.4. The van der Waals surface area contributed by atoms with Crippen LogP contribution in [-0.4, -0.2) is 35.0 Å². The number of aliphatic imine (C=N–C) groups is 1. The highest BCUT2D eigenvalue weighted by Gasteiger charge is 2.45. The van der Waals surface area contributed by atoms with E-state index in [1.54, 1.807) is 18.2 Å². The van der Waals surface area contributed by atoms with Gasteiger partial charge >= 0.3 is 5.97 Å². The minimum atomic E-state index is -1.10. The van der Waals surface area contributed by atoms with Gasteiger partial charge in [0.05, 0.1) is 5.92 Å². The molecule has 146 valence electrons. The van der Waals surface area contributed by atoms with Gasteiger partial charge in [-0.05, 0) is 43.9 Å². The maximum Gasteiger partial charge on any atom is 0.341 e. The molecule has 0 saturated heterocycles. The van der Waals surface area contributed by atoms with Gasteiger partial charge < -0.3 is 9.84 Å². The van der Waals surface area contributed by atoms with Gasteiger partial charge in [0.25, 0.3) is 0 Å². The van der Waals surface area contributed by atoms with Gasteiger partial charge in [-0.2, -0.15) is 0 Å². The Morgan fingerprint density at radius 1 is 1.14 bits per heavy atom. The molecule has 28 heavy (non-hydrogen) atoms. The molecule has 1 aromatic carbocycles. The van der Waals surface area contributed by atoms with Crippen molar-refractivity contribution >= 4 is 34.8 Å². The Bertz CT molecular complexity index is 933. The number of carboxylic acids is 1. The van der Waals surface area contributed by atoms with E-state index in [9.17, 15) is 14.4 Å². The number of hydrogen-bond acceptors (Lipinski definition) is 5. The number of aliphatic carboxylic acids is 1. The molecule has 2 aliphatic carbocycles. The van der Waals surface area contributed by atoms with Crippen LogP contribution in [0.1, 0.15) is 50.0 Å². The van der Waals surface area contributed by atoms with Crippen LogP contribution in [0.15, 0.2) is 34.5 Å². The lowest BCUT2D eigenvalue weighted by Gasteiger charge is -2.38. The average molecular weight is 402 g/mol. The smallest absolute Gasteiger partial charge is 0.341 e. The Morgan fingerprint density at radius 2 is 1.93 bits per heavy atom. The maximum atomic E-state index is 12.9. The number of allylic oxidation sites excluding steroid dienone is 2. The summed E-state index contributed by atoms with van der Waals surface area (Å²) in [5.74, 6) is -1.75. The number of ether oxygens (including phenoxy) is 1. The fraction of sp³-hybridized carbons (Fsp3) is 0.429. The third kappa shape index (κ3) is 3.37. The summed E-state index contributed by atoms with van der Waals surface area (Å²) in [5, 5.41) is 9.44. The molecule has 1 heterocycles. The number of carboxylic acid groups (broad SMARTS) is 1. The molecule has 4 rings (SSSR count). The van der Waals surface area contributed by atoms with E-state index in [0.29, 0.717) is 41.2 Å². The molecule has 3 aliphatic rings. The molecule has 0 bridgehead atoms. The topological polar surface area (TPSA) is 93.0 Å². The minimum Gasteiger partial charge on any atom is -0.482 e. The summed E-state index contributed by atoms with van der Waals surface area (Å²) in [6, 6.07) is 4.90. The zero-order valence-electron chi connectivity index (χ0n) is 15.2. The summed E-state index contributed by atoms with van der Waals surface area (Å²) < 4.78 is 5.49. The third-order valence-electron chi connectivity index (χ3n) is 5.57. The highest BCUT2D eigenvalue weighted by Crippen LogP contribution is 2.48. The molecule has 1 N–H and O–H groups in total. The van der Waals surface area contributed by atoms with E-state index in [1.807, 2.05) is 0 Å². The summed E-state index contributed by atoms with van der Waals surface area (Å²) in [7, 11) is 0. The standard InChI is InChI=1S/C21H20ClNO5/c22-11-7-8-17(28-10-18(26)27)12(9-11)19-20-13(3-1-5-15(20)24)23-14-4-2-6-16(25)21(14)19/h7-9,19-20H,1-6,10H2,(H,26,27). The highest BCUT2D eigenvalue weighted by atomic mass is 35.5. The summed E-state index contributed by atoms with van der Waals surface area (Å²) in [6.45, 7) is -0.513. The molecule has 1 aromatic rings. The number of nitrogens with zero attached hydrogens (tertiary/aromatic N) is 1. The lowest BCUT2D eigenvalue weighted by molar-refractivity contribution is -0.139. The number of rotatable bonds is 4. The molecule has 0 spiro atoms. The van der Waals surface area contributed by atoms with E-state index in [1.165, 1.54) is 0 Å². The van der Waals surface area contributed by atoms with Crippen molar-refractivity contribution in [3.63, 3.8) is 0 Å². The second-order valence-corrected chi connectivity index (χ2v) is 7.82. The van der Waals surface area contributed by atoms with Gasteiger partial charge in [0.2, 0.25) is 0 Å². The molecular formula is C21H20ClNO5. The molecule has 2 atom stereocenters. The lowest BCUT2D eigenvalue weighted by atomic mass is 9.67. The van der Waals surface area contributed by atoms with Crippen LogP contribution in [0.3, 0.4) is 0 Å². The van der Waals surface area contributed by atoms with Gasteiger partial charge in [-0.25, -0.2) is 4.79 Å². The first kappa shape index (κ1) is 18.9. The monoisotopic (exact) mass is 401 g/mol. The van der Waals surface area contributed by atoms with Crippen molar-refractivity contribution in [2.75, 3.05) is 6.61 Å². The molecule has 1 fully saturated rings. The fourth-order valence-corrected chi connectivity index (χ4v) is 4.65. The summed E-state index contributed by atoms with van der Waals surface area (Å²) in [5.41, 5.74) is 2.73. The fourth-order valence-electron chi connectivity index (χ4n) is 4.47. The van der Waals surface area contributed by atoms with Crippen molar-refractivity contribution in [2.24, 2.45) is 10.9 Å². The maximum absolute atomic E-state index is 12.9.